The molecule has 100 valence electrons. The second-order valence-corrected chi connectivity index (χ2v) is 5.44. The van der Waals surface area contributed by atoms with Crippen LogP contribution in [0.2, 0.25) is 0 Å². The van der Waals surface area contributed by atoms with E-state index in [1.807, 2.05) is 30.3 Å². The number of rotatable bonds is 9. The van der Waals surface area contributed by atoms with Crippen molar-refractivity contribution in [3.8, 4) is 5.75 Å². The summed E-state index contributed by atoms with van der Waals surface area (Å²) in [5.41, 5.74) is 0. The van der Waals surface area contributed by atoms with Gasteiger partial charge in [0.05, 0.1) is 6.61 Å². The maximum atomic E-state index is 5.68. The molecular weight excluding hydrogens is 222 g/mol. The average molecular weight is 247 g/mol. The molecule has 1 unspecified atom stereocenters. The van der Waals surface area contributed by atoms with Crippen LogP contribution in [0.25, 0.3) is 0 Å². The average Bonchev–Trinajstić information content (AvgIpc) is 3.21. The first kappa shape index (κ1) is 13.4. The van der Waals surface area contributed by atoms with Gasteiger partial charge < -0.3 is 10.1 Å². The molecule has 0 spiro atoms. The van der Waals surface area contributed by atoms with Gasteiger partial charge >= 0.3 is 0 Å². The van der Waals surface area contributed by atoms with E-state index in [1.54, 1.807) is 0 Å². The number of benzene rings is 1. The van der Waals surface area contributed by atoms with Crippen LogP contribution in [-0.4, -0.2) is 19.2 Å². The number of hydrogen-bond donors (Lipinski definition) is 1. The standard InChI is InChI=1S/C16H25NO/c1-14(13-17-15-10-11-15)7-5-6-12-18-16-8-3-2-4-9-16/h2-4,8-9,14-15,17H,5-7,10-13H2,1H3. The van der Waals surface area contributed by atoms with Crippen LogP contribution in [0, 0.1) is 5.92 Å². The van der Waals surface area contributed by atoms with Crippen LogP contribution in [0.3, 0.4) is 0 Å². The van der Waals surface area contributed by atoms with Crippen molar-refractivity contribution in [1.82, 2.24) is 5.32 Å². The summed E-state index contributed by atoms with van der Waals surface area (Å²) in [6, 6.07) is 10.9. The second kappa shape index (κ2) is 7.42. The molecule has 1 aromatic rings. The van der Waals surface area contributed by atoms with Crippen molar-refractivity contribution in [2.75, 3.05) is 13.2 Å². The fraction of sp³-hybridized carbons (Fsp3) is 0.625. The van der Waals surface area contributed by atoms with Gasteiger partial charge in [-0.15, -0.1) is 0 Å². The Morgan fingerprint density at radius 3 is 2.72 bits per heavy atom. The zero-order chi connectivity index (χ0) is 12.6. The third-order valence-electron chi connectivity index (χ3n) is 3.44. The molecule has 1 aliphatic carbocycles. The molecule has 1 aromatic carbocycles. The lowest BCUT2D eigenvalue weighted by atomic mass is 10.0. The van der Waals surface area contributed by atoms with Gasteiger partial charge in [0.1, 0.15) is 5.75 Å². The first-order valence-corrected chi connectivity index (χ1v) is 7.26. The fourth-order valence-electron chi connectivity index (χ4n) is 2.06. The van der Waals surface area contributed by atoms with Gasteiger partial charge in [-0.2, -0.15) is 0 Å². The number of ether oxygens (including phenoxy) is 1. The Balaban J connectivity index is 1.45. The first-order chi connectivity index (χ1) is 8.84. The minimum Gasteiger partial charge on any atom is -0.494 e. The second-order valence-electron chi connectivity index (χ2n) is 5.44. The summed E-state index contributed by atoms with van der Waals surface area (Å²) >= 11 is 0. The molecule has 0 saturated heterocycles. The zero-order valence-corrected chi connectivity index (χ0v) is 11.4. The predicted octanol–water partition coefficient (Wildman–Crippen LogP) is 3.62. The summed E-state index contributed by atoms with van der Waals surface area (Å²) < 4.78 is 5.68. The number of nitrogens with one attached hydrogen (secondary N) is 1. The molecule has 2 heteroatoms. The van der Waals surface area contributed by atoms with Crippen LogP contribution in [-0.2, 0) is 0 Å². The van der Waals surface area contributed by atoms with Crippen LogP contribution in [0.5, 0.6) is 5.75 Å². The summed E-state index contributed by atoms with van der Waals surface area (Å²) in [5, 5.41) is 3.59. The zero-order valence-electron chi connectivity index (χ0n) is 11.4. The molecule has 0 aromatic heterocycles. The maximum absolute atomic E-state index is 5.68. The molecule has 0 aliphatic heterocycles. The molecule has 0 bridgehead atoms. The van der Waals surface area contributed by atoms with Crippen LogP contribution in [0.1, 0.15) is 39.0 Å². The molecular formula is C16H25NO. The Kier molecular flexibility index (Phi) is 5.53. The lowest BCUT2D eigenvalue weighted by Crippen LogP contribution is -2.23. The highest BCUT2D eigenvalue weighted by Crippen LogP contribution is 2.19. The van der Waals surface area contributed by atoms with Gasteiger partial charge in [-0.25, -0.2) is 0 Å². The van der Waals surface area contributed by atoms with Crippen molar-refractivity contribution in [3.05, 3.63) is 30.3 Å². The van der Waals surface area contributed by atoms with Gasteiger partial charge in [0, 0.05) is 6.04 Å². The first-order valence-electron chi connectivity index (χ1n) is 7.26. The van der Waals surface area contributed by atoms with E-state index in [2.05, 4.69) is 12.2 Å². The van der Waals surface area contributed by atoms with Gasteiger partial charge in [-0.3, -0.25) is 0 Å². The van der Waals surface area contributed by atoms with Crippen LogP contribution in [0.4, 0.5) is 0 Å². The molecule has 1 N–H and O–H groups in total. The Labute approximate surface area is 111 Å². The van der Waals surface area contributed by atoms with Crippen molar-refractivity contribution in [3.63, 3.8) is 0 Å². The highest BCUT2D eigenvalue weighted by Gasteiger charge is 2.20. The Bertz CT molecular complexity index is 321. The molecule has 1 fully saturated rings. The minimum absolute atomic E-state index is 0.794. The summed E-state index contributed by atoms with van der Waals surface area (Å²) in [6.07, 6.45) is 6.50. The molecule has 0 heterocycles. The van der Waals surface area contributed by atoms with Gasteiger partial charge in [0.15, 0.2) is 0 Å². The third-order valence-corrected chi connectivity index (χ3v) is 3.44. The number of para-hydroxylation sites is 1. The van der Waals surface area contributed by atoms with Crippen LogP contribution in [0.15, 0.2) is 30.3 Å². The minimum atomic E-state index is 0.794. The lowest BCUT2D eigenvalue weighted by molar-refractivity contribution is 0.299. The quantitative estimate of drug-likeness (QED) is 0.673. The van der Waals surface area contributed by atoms with E-state index >= 15 is 0 Å². The SMILES string of the molecule is CC(CCCCOc1ccccc1)CNC1CC1. The Hall–Kier alpha value is -1.02. The fourth-order valence-corrected chi connectivity index (χ4v) is 2.06. The van der Waals surface area contributed by atoms with Gasteiger partial charge in [-0.05, 0) is 56.7 Å². The van der Waals surface area contributed by atoms with Crippen LogP contribution >= 0.6 is 0 Å². The molecule has 1 saturated carbocycles. The largest absolute Gasteiger partial charge is 0.494 e. The van der Waals surface area contributed by atoms with E-state index in [1.165, 1.54) is 32.2 Å². The molecule has 1 atom stereocenters. The van der Waals surface area contributed by atoms with E-state index in [0.717, 1.165) is 30.7 Å². The Morgan fingerprint density at radius 1 is 1.22 bits per heavy atom. The topological polar surface area (TPSA) is 21.3 Å². The molecule has 18 heavy (non-hydrogen) atoms. The van der Waals surface area contributed by atoms with E-state index in [9.17, 15) is 0 Å². The number of unbranched alkanes of at least 4 members (excludes halogenated alkanes) is 1. The smallest absolute Gasteiger partial charge is 0.119 e. The summed E-state index contributed by atoms with van der Waals surface area (Å²) in [5.74, 6) is 1.78. The van der Waals surface area contributed by atoms with E-state index < -0.39 is 0 Å². The van der Waals surface area contributed by atoms with Crippen molar-refractivity contribution >= 4 is 0 Å². The maximum Gasteiger partial charge on any atom is 0.119 e. The summed E-state index contributed by atoms with van der Waals surface area (Å²) in [6.45, 7) is 4.37. The third kappa shape index (κ3) is 5.54. The lowest BCUT2D eigenvalue weighted by Gasteiger charge is -2.12. The molecule has 0 radical (unpaired) electrons. The van der Waals surface area contributed by atoms with Crippen molar-refractivity contribution in [2.45, 2.75) is 45.1 Å². The molecule has 1 aliphatic rings. The summed E-state index contributed by atoms with van der Waals surface area (Å²) in [7, 11) is 0. The predicted molar refractivity (Wildman–Crippen MR) is 76.0 cm³/mol. The molecule has 2 nitrogen and oxygen atoms in total. The normalized spacial score (nSPS) is 16.5. The van der Waals surface area contributed by atoms with E-state index in [4.69, 9.17) is 4.74 Å². The van der Waals surface area contributed by atoms with Gasteiger partial charge in [0.2, 0.25) is 0 Å². The van der Waals surface area contributed by atoms with Crippen molar-refractivity contribution in [1.29, 1.82) is 0 Å². The van der Waals surface area contributed by atoms with Gasteiger partial charge in [0.25, 0.3) is 0 Å². The monoisotopic (exact) mass is 247 g/mol. The summed E-state index contributed by atoms with van der Waals surface area (Å²) in [4.78, 5) is 0. The van der Waals surface area contributed by atoms with Crippen LogP contribution < -0.4 is 10.1 Å². The van der Waals surface area contributed by atoms with Crippen molar-refractivity contribution in [2.24, 2.45) is 5.92 Å². The van der Waals surface area contributed by atoms with E-state index in [0.29, 0.717) is 0 Å². The van der Waals surface area contributed by atoms with Gasteiger partial charge in [-0.1, -0.05) is 25.1 Å². The van der Waals surface area contributed by atoms with E-state index in [-0.39, 0.29) is 0 Å². The molecule has 2 rings (SSSR count). The number of hydrogen-bond acceptors (Lipinski definition) is 2. The van der Waals surface area contributed by atoms with Crippen molar-refractivity contribution < 1.29 is 4.74 Å². The highest BCUT2D eigenvalue weighted by molar-refractivity contribution is 5.20. The highest BCUT2D eigenvalue weighted by atomic mass is 16.5. The Morgan fingerprint density at radius 2 is 2.00 bits per heavy atom. The molecule has 0 amide bonds.